The van der Waals surface area contributed by atoms with Gasteiger partial charge in [0, 0.05) is 6.54 Å². The smallest absolute Gasteiger partial charge is 0.258 e. The molecule has 1 amide bonds. The van der Waals surface area contributed by atoms with Crippen LogP contribution >= 0.6 is 0 Å². The first-order valence-corrected chi connectivity index (χ1v) is 6.66. The van der Waals surface area contributed by atoms with Gasteiger partial charge in [-0.05, 0) is 51.0 Å². The zero-order valence-corrected chi connectivity index (χ0v) is 10.9. The van der Waals surface area contributed by atoms with Crippen LogP contribution in [0.2, 0.25) is 0 Å². The van der Waals surface area contributed by atoms with Crippen molar-refractivity contribution < 1.29 is 14.3 Å². The molecule has 19 heavy (non-hydrogen) atoms. The van der Waals surface area contributed by atoms with E-state index in [1.165, 1.54) is 31.0 Å². The Morgan fingerprint density at radius 2 is 2.11 bits per heavy atom. The highest BCUT2D eigenvalue weighted by atomic mass is 19.1. The molecule has 1 aromatic carbocycles. The molecule has 104 valence electrons. The third kappa shape index (κ3) is 3.67. The van der Waals surface area contributed by atoms with E-state index < -0.39 is 11.7 Å². The lowest BCUT2D eigenvalue weighted by atomic mass is 10.1. The molecule has 1 aliphatic heterocycles. The Kier molecular flexibility index (Phi) is 4.74. The van der Waals surface area contributed by atoms with E-state index in [-0.39, 0.29) is 11.3 Å². The van der Waals surface area contributed by atoms with Crippen LogP contribution in [0.5, 0.6) is 5.75 Å². The van der Waals surface area contributed by atoms with Crippen LogP contribution in [0.1, 0.15) is 29.6 Å². The van der Waals surface area contributed by atoms with Crippen molar-refractivity contribution in [1.29, 1.82) is 0 Å². The molecule has 0 radical (unpaired) electrons. The molecule has 1 aliphatic rings. The normalized spacial score (nSPS) is 15.6. The van der Waals surface area contributed by atoms with Crippen molar-refractivity contribution in [3.8, 4) is 5.75 Å². The Morgan fingerprint density at radius 3 is 2.79 bits per heavy atom. The Balaban J connectivity index is 1.77. The monoisotopic (exact) mass is 266 g/mol. The lowest BCUT2D eigenvalue weighted by molar-refractivity contribution is 0.0945. The number of likely N-dealkylation sites (tertiary alicyclic amines) is 1. The van der Waals surface area contributed by atoms with Gasteiger partial charge in [0.05, 0.1) is 0 Å². The molecule has 0 aromatic heterocycles. The maximum absolute atomic E-state index is 13.4. The van der Waals surface area contributed by atoms with Gasteiger partial charge in [-0.3, -0.25) is 4.79 Å². The van der Waals surface area contributed by atoms with Crippen LogP contribution in [0.15, 0.2) is 18.2 Å². The second-order valence-electron chi connectivity index (χ2n) is 4.79. The highest BCUT2D eigenvalue weighted by Crippen LogP contribution is 2.19. The minimum Gasteiger partial charge on any atom is -0.507 e. The number of rotatable bonds is 5. The van der Waals surface area contributed by atoms with Crippen molar-refractivity contribution in [2.45, 2.75) is 19.3 Å². The maximum Gasteiger partial charge on any atom is 0.258 e. The first-order chi connectivity index (χ1) is 9.18. The number of phenolic OH excluding ortho intramolecular Hbond substituents is 1. The predicted octanol–water partition coefficient (Wildman–Crippen LogP) is 1.75. The second kappa shape index (κ2) is 6.52. The van der Waals surface area contributed by atoms with Crippen LogP contribution in [0.25, 0.3) is 0 Å². The van der Waals surface area contributed by atoms with E-state index in [4.69, 9.17) is 0 Å². The number of carbonyl (C=O) groups is 1. The number of benzene rings is 1. The number of hydrogen-bond acceptors (Lipinski definition) is 3. The van der Waals surface area contributed by atoms with Gasteiger partial charge >= 0.3 is 0 Å². The summed E-state index contributed by atoms with van der Waals surface area (Å²) in [6.07, 6.45) is 3.33. The lowest BCUT2D eigenvalue weighted by Crippen LogP contribution is -2.29. The van der Waals surface area contributed by atoms with Gasteiger partial charge in [-0.15, -0.1) is 0 Å². The number of aromatic hydroxyl groups is 1. The summed E-state index contributed by atoms with van der Waals surface area (Å²) in [5.74, 6) is -1.58. The van der Waals surface area contributed by atoms with Crippen LogP contribution < -0.4 is 5.32 Å². The molecule has 1 fully saturated rings. The fourth-order valence-corrected chi connectivity index (χ4v) is 2.34. The van der Waals surface area contributed by atoms with E-state index in [0.29, 0.717) is 6.54 Å². The van der Waals surface area contributed by atoms with E-state index in [9.17, 15) is 14.3 Å². The molecule has 0 bridgehead atoms. The van der Waals surface area contributed by atoms with Crippen molar-refractivity contribution in [3.05, 3.63) is 29.6 Å². The molecule has 5 heteroatoms. The number of amides is 1. The van der Waals surface area contributed by atoms with Crippen molar-refractivity contribution in [2.24, 2.45) is 0 Å². The van der Waals surface area contributed by atoms with Gasteiger partial charge in [-0.1, -0.05) is 6.07 Å². The third-order valence-corrected chi connectivity index (χ3v) is 3.35. The molecule has 0 aliphatic carbocycles. The molecule has 2 rings (SSSR count). The zero-order chi connectivity index (χ0) is 13.7. The molecule has 2 N–H and O–H groups in total. The molecule has 1 aromatic rings. The molecule has 0 unspecified atom stereocenters. The molecule has 0 spiro atoms. The SMILES string of the molecule is O=C(NCCCN1CCCC1)c1c(O)cccc1F. The van der Waals surface area contributed by atoms with Crippen molar-refractivity contribution in [3.63, 3.8) is 0 Å². The van der Waals surface area contributed by atoms with Crippen LogP contribution in [-0.2, 0) is 0 Å². The van der Waals surface area contributed by atoms with E-state index >= 15 is 0 Å². The summed E-state index contributed by atoms with van der Waals surface area (Å²) in [5, 5.41) is 12.1. The van der Waals surface area contributed by atoms with Crippen LogP contribution in [0, 0.1) is 5.82 Å². The third-order valence-electron chi connectivity index (χ3n) is 3.35. The van der Waals surface area contributed by atoms with Gasteiger partial charge in [0.1, 0.15) is 17.1 Å². The van der Waals surface area contributed by atoms with Gasteiger partial charge in [0.2, 0.25) is 0 Å². The number of nitrogens with one attached hydrogen (secondary N) is 1. The first kappa shape index (κ1) is 13.8. The van der Waals surface area contributed by atoms with Gasteiger partial charge in [-0.2, -0.15) is 0 Å². The first-order valence-electron chi connectivity index (χ1n) is 6.66. The average molecular weight is 266 g/mol. The number of carbonyl (C=O) groups excluding carboxylic acids is 1. The van der Waals surface area contributed by atoms with Gasteiger partial charge in [0.15, 0.2) is 0 Å². The highest BCUT2D eigenvalue weighted by Gasteiger charge is 2.16. The molecule has 1 saturated heterocycles. The summed E-state index contributed by atoms with van der Waals surface area (Å²) < 4.78 is 13.4. The fraction of sp³-hybridized carbons (Fsp3) is 0.500. The number of phenols is 1. The molecule has 1 heterocycles. The molecular weight excluding hydrogens is 247 g/mol. The standard InChI is InChI=1S/C14H19FN2O2/c15-11-5-3-6-12(18)13(11)14(19)16-7-4-10-17-8-1-2-9-17/h3,5-6,18H,1-2,4,7-10H2,(H,16,19). The summed E-state index contributed by atoms with van der Waals surface area (Å²) >= 11 is 0. The van der Waals surface area contributed by atoms with Crippen molar-refractivity contribution >= 4 is 5.91 Å². The van der Waals surface area contributed by atoms with E-state index in [1.807, 2.05) is 0 Å². The molecule has 0 atom stereocenters. The zero-order valence-electron chi connectivity index (χ0n) is 10.9. The van der Waals surface area contributed by atoms with E-state index in [0.717, 1.165) is 26.1 Å². The second-order valence-corrected chi connectivity index (χ2v) is 4.79. The number of hydrogen-bond donors (Lipinski definition) is 2. The Morgan fingerprint density at radius 1 is 1.37 bits per heavy atom. The molecule has 0 saturated carbocycles. The predicted molar refractivity (Wildman–Crippen MR) is 70.7 cm³/mol. The van der Waals surface area contributed by atoms with Crippen molar-refractivity contribution in [1.82, 2.24) is 10.2 Å². The Hall–Kier alpha value is -1.62. The summed E-state index contributed by atoms with van der Waals surface area (Å²) in [4.78, 5) is 14.1. The molecular formula is C14H19FN2O2. The Labute approximate surface area is 112 Å². The Bertz CT molecular complexity index is 425. The summed E-state index contributed by atoms with van der Waals surface area (Å²) in [6.45, 7) is 3.69. The minimum absolute atomic E-state index is 0.274. The van der Waals surface area contributed by atoms with E-state index in [1.54, 1.807) is 0 Å². The summed E-state index contributed by atoms with van der Waals surface area (Å²) in [6, 6.07) is 3.84. The molecule has 4 nitrogen and oxygen atoms in total. The van der Waals surface area contributed by atoms with Crippen LogP contribution in [-0.4, -0.2) is 42.1 Å². The lowest BCUT2D eigenvalue weighted by Gasteiger charge is -2.14. The van der Waals surface area contributed by atoms with E-state index in [2.05, 4.69) is 10.2 Å². The number of halogens is 1. The largest absolute Gasteiger partial charge is 0.507 e. The van der Waals surface area contributed by atoms with Gasteiger partial charge in [0.25, 0.3) is 5.91 Å². The fourth-order valence-electron chi connectivity index (χ4n) is 2.34. The highest BCUT2D eigenvalue weighted by molar-refractivity contribution is 5.97. The van der Waals surface area contributed by atoms with Gasteiger partial charge in [-0.25, -0.2) is 4.39 Å². The van der Waals surface area contributed by atoms with Crippen molar-refractivity contribution in [2.75, 3.05) is 26.2 Å². The van der Waals surface area contributed by atoms with Gasteiger partial charge < -0.3 is 15.3 Å². The number of nitrogens with zero attached hydrogens (tertiary/aromatic N) is 1. The quantitative estimate of drug-likeness (QED) is 0.798. The minimum atomic E-state index is -0.697. The maximum atomic E-state index is 13.4. The van der Waals surface area contributed by atoms with Crippen LogP contribution in [0.4, 0.5) is 4.39 Å². The van der Waals surface area contributed by atoms with Crippen LogP contribution in [0.3, 0.4) is 0 Å². The average Bonchev–Trinajstić information content (AvgIpc) is 2.87. The topological polar surface area (TPSA) is 52.6 Å². The summed E-state index contributed by atoms with van der Waals surface area (Å²) in [5.41, 5.74) is -0.274. The summed E-state index contributed by atoms with van der Waals surface area (Å²) in [7, 11) is 0.